The quantitative estimate of drug-likeness (QED) is 0.605. The van der Waals surface area contributed by atoms with E-state index in [0.717, 1.165) is 34.2 Å². The van der Waals surface area contributed by atoms with E-state index in [4.69, 9.17) is 4.74 Å². The highest BCUT2D eigenvalue weighted by atomic mass is 16.5. The minimum Gasteiger partial charge on any atom is -0.483 e. The van der Waals surface area contributed by atoms with Gasteiger partial charge in [-0.2, -0.15) is 0 Å². The Morgan fingerprint density at radius 2 is 1.77 bits per heavy atom. The molecule has 0 radical (unpaired) electrons. The van der Waals surface area contributed by atoms with Crippen LogP contribution in [0.3, 0.4) is 0 Å². The van der Waals surface area contributed by atoms with Crippen molar-refractivity contribution in [3.8, 4) is 5.75 Å². The van der Waals surface area contributed by atoms with Crippen molar-refractivity contribution in [1.82, 2.24) is 10.2 Å². The molecule has 0 saturated heterocycles. The van der Waals surface area contributed by atoms with Crippen molar-refractivity contribution in [1.29, 1.82) is 0 Å². The average molecular weight is 425 g/mol. The number of carbonyl (C=O) groups excluding carboxylic acids is 2. The molecule has 0 aliphatic heterocycles. The molecule has 5 nitrogen and oxygen atoms in total. The molecular weight excluding hydrogens is 388 g/mol. The summed E-state index contributed by atoms with van der Waals surface area (Å²) in [7, 11) is 0. The van der Waals surface area contributed by atoms with Gasteiger partial charge in [-0.15, -0.1) is 0 Å². The number of hydrogen-bond acceptors (Lipinski definition) is 3. The molecule has 0 heterocycles. The largest absolute Gasteiger partial charge is 0.483 e. The Labute approximate surface area is 186 Å². The standard InChI is InChI=1S/C26H36N2O3/c1-7-12-27-26(30)23(8-2)28(16-22-11-9-10-18(3)14-22)25(29)17-31-24-15-19(4)13-20(5)21(24)6/h9-11,13-15,23H,7-8,12,16-17H2,1-6H3,(H,27,30)/t23-/m0/s1. The van der Waals surface area contributed by atoms with Crippen LogP contribution in [0, 0.1) is 27.7 Å². The molecule has 5 heteroatoms. The first-order valence-corrected chi connectivity index (χ1v) is 11.1. The normalized spacial score (nSPS) is 11.7. The van der Waals surface area contributed by atoms with Crippen molar-refractivity contribution in [3.63, 3.8) is 0 Å². The summed E-state index contributed by atoms with van der Waals surface area (Å²) in [5.41, 5.74) is 5.36. The first-order chi connectivity index (χ1) is 14.8. The highest BCUT2D eigenvalue weighted by molar-refractivity contribution is 5.88. The third-order valence-corrected chi connectivity index (χ3v) is 5.49. The minimum absolute atomic E-state index is 0.104. The van der Waals surface area contributed by atoms with Gasteiger partial charge in [-0.05, 0) is 68.9 Å². The van der Waals surface area contributed by atoms with Gasteiger partial charge in [-0.25, -0.2) is 0 Å². The molecule has 0 spiro atoms. The summed E-state index contributed by atoms with van der Waals surface area (Å²) < 4.78 is 5.94. The summed E-state index contributed by atoms with van der Waals surface area (Å²) in [5, 5.41) is 2.94. The fourth-order valence-electron chi connectivity index (χ4n) is 3.67. The number of carbonyl (C=O) groups is 2. The molecule has 1 N–H and O–H groups in total. The van der Waals surface area contributed by atoms with E-state index >= 15 is 0 Å². The van der Waals surface area contributed by atoms with Gasteiger partial charge in [-0.3, -0.25) is 9.59 Å². The third-order valence-electron chi connectivity index (χ3n) is 5.49. The van der Waals surface area contributed by atoms with Crippen LogP contribution >= 0.6 is 0 Å². The topological polar surface area (TPSA) is 58.6 Å². The van der Waals surface area contributed by atoms with Crippen molar-refractivity contribution < 1.29 is 14.3 Å². The first kappa shape index (κ1) is 24.4. The number of rotatable bonds is 10. The summed E-state index contributed by atoms with van der Waals surface area (Å²) in [6, 6.07) is 11.5. The zero-order chi connectivity index (χ0) is 23.0. The lowest BCUT2D eigenvalue weighted by Gasteiger charge is -2.30. The van der Waals surface area contributed by atoms with Gasteiger partial charge < -0.3 is 15.0 Å². The SMILES string of the molecule is CCCNC(=O)[C@H](CC)N(Cc1cccc(C)c1)C(=O)COc1cc(C)cc(C)c1C. The third kappa shape index (κ3) is 6.84. The summed E-state index contributed by atoms with van der Waals surface area (Å²) in [4.78, 5) is 27.7. The smallest absolute Gasteiger partial charge is 0.261 e. The molecule has 2 aromatic carbocycles. The number of nitrogens with zero attached hydrogens (tertiary/aromatic N) is 1. The van der Waals surface area contributed by atoms with Crippen LogP contribution in [0.5, 0.6) is 5.75 Å². The molecular formula is C26H36N2O3. The van der Waals surface area contributed by atoms with Gasteiger partial charge >= 0.3 is 0 Å². The Balaban J connectivity index is 2.25. The fraction of sp³-hybridized carbons (Fsp3) is 0.462. The predicted molar refractivity (Wildman–Crippen MR) is 125 cm³/mol. The lowest BCUT2D eigenvalue weighted by molar-refractivity contribution is -0.143. The van der Waals surface area contributed by atoms with Gasteiger partial charge in [0.2, 0.25) is 5.91 Å². The molecule has 31 heavy (non-hydrogen) atoms. The van der Waals surface area contributed by atoms with E-state index in [9.17, 15) is 9.59 Å². The highest BCUT2D eigenvalue weighted by Crippen LogP contribution is 2.23. The zero-order valence-corrected chi connectivity index (χ0v) is 19.7. The fourth-order valence-corrected chi connectivity index (χ4v) is 3.67. The number of aryl methyl sites for hydroxylation is 3. The van der Waals surface area contributed by atoms with Crippen LogP contribution in [0.1, 0.15) is 54.5 Å². The van der Waals surface area contributed by atoms with Crippen molar-refractivity contribution in [3.05, 3.63) is 64.2 Å². The lowest BCUT2D eigenvalue weighted by Crippen LogP contribution is -2.50. The maximum atomic E-state index is 13.3. The van der Waals surface area contributed by atoms with Crippen molar-refractivity contribution >= 4 is 11.8 Å². The van der Waals surface area contributed by atoms with E-state index in [-0.39, 0.29) is 18.4 Å². The predicted octanol–water partition coefficient (Wildman–Crippen LogP) is 4.63. The van der Waals surface area contributed by atoms with E-state index in [1.165, 1.54) is 0 Å². The Morgan fingerprint density at radius 3 is 2.42 bits per heavy atom. The number of benzene rings is 2. The van der Waals surface area contributed by atoms with Crippen LogP contribution in [-0.2, 0) is 16.1 Å². The number of hydrogen-bond donors (Lipinski definition) is 1. The van der Waals surface area contributed by atoms with Gasteiger partial charge in [0, 0.05) is 13.1 Å². The number of ether oxygens (including phenoxy) is 1. The monoisotopic (exact) mass is 424 g/mol. The molecule has 0 bridgehead atoms. The van der Waals surface area contributed by atoms with Gasteiger partial charge in [0.05, 0.1) is 0 Å². The van der Waals surface area contributed by atoms with E-state index in [0.29, 0.717) is 25.3 Å². The van der Waals surface area contributed by atoms with E-state index in [1.807, 2.05) is 71.9 Å². The second kappa shape index (κ2) is 11.5. The maximum absolute atomic E-state index is 13.3. The van der Waals surface area contributed by atoms with Crippen molar-refractivity contribution in [2.24, 2.45) is 0 Å². The maximum Gasteiger partial charge on any atom is 0.261 e. The Morgan fingerprint density at radius 1 is 1.03 bits per heavy atom. The number of nitrogens with one attached hydrogen (secondary N) is 1. The second-order valence-electron chi connectivity index (χ2n) is 8.22. The van der Waals surface area contributed by atoms with E-state index in [1.54, 1.807) is 4.90 Å². The van der Waals surface area contributed by atoms with Crippen molar-refractivity contribution in [2.75, 3.05) is 13.2 Å². The molecule has 2 aromatic rings. The van der Waals surface area contributed by atoms with E-state index < -0.39 is 6.04 Å². The summed E-state index contributed by atoms with van der Waals surface area (Å²) >= 11 is 0. The molecule has 0 saturated carbocycles. The molecule has 0 fully saturated rings. The summed E-state index contributed by atoms with van der Waals surface area (Å²) in [5.74, 6) is 0.399. The van der Waals surface area contributed by atoms with Crippen LogP contribution in [0.4, 0.5) is 0 Å². The number of amides is 2. The molecule has 0 aliphatic carbocycles. The Hall–Kier alpha value is -2.82. The Bertz CT molecular complexity index is 908. The van der Waals surface area contributed by atoms with Crippen LogP contribution in [-0.4, -0.2) is 35.9 Å². The summed E-state index contributed by atoms with van der Waals surface area (Å²) in [6.45, 7) is 12.9. The highest BCUT2D eigenvalue weighted by Gasteiger charge is 2.29. The van der Waals surface area contributed by atoms with Crippen LogP contribution in [0.25, 0.3) is 0 Å². The Kier molecular flexibility index (Phi) is 9.10. The zero-order valence-electron chi connectivity index (χ0n) is 19.7. The van der Waals surface area contributed by atoms with Crippen LogP contribution in [0.2, 0.25) is 0 Å². The molecule has 1 atom stereocenters. The van der Waals surface area contributed by atoms with Crippen molar-refractivity contribution in [2.45, 2.75) is 67.0 Å². The molecule has 0 unspecified atom stereocenters. The first-order valence-electron chi connectivity index (χ1n) is 11.1. The van der Waals surface area contributed by atoms with E-state index in [2.05, 4.69) is 11.4 Å². The van der Waals surface area contributed by atoms with Crippen LogP contribution < -0.4 is 10.1 Å². The molecule has 2 rings (SSSR count). The molecule has 2 amide bonds. The van der Waals surface area contributed by atoms with Gasteiger partial charge in [0.25, 0.3) is 5.91 Å². The average Bonchev–Trinajstić information content (AvgIpc) is 2.73. The molecule has 0 aliphatic rings. The lowest BCUT2D eigenvalue weighted by atomic mass is 10.1. The van der Waals surface area contributed by atoms with Crippen LogP contribution in [0.15, 0.2) is 36.4 Å². The van der Waals surface area contributed by atoms with Gasteiger partial charge in [0.15, 0.2) is 6.61 Å². The van der Waals surface area contributed by atoms with Gasteiger partial charge in [0.1, 0.15) is 11.8 Å². The molecule has 0 aromatic heterocycles. The summed E-state index contributed by atoms with van der Waals surface area (Å²) in [6.07, 6.45) is 1.39. The second-order valence-corrected chi connectivity index (χ2v) is 8.22. The minimum atomic E-state index is -0.538. The molecule has 168 valence electrons. The van der Waals surface area contributed by atoms with Gasteiger partial charge in [-0.1, -0.05) is 49.7 Å².